The molecule has 0 aliphatic rings. The normalized spacial score (nSPS) is 14.6. The van der Waals surface area contributed by atoms with Gasteiger partial charge in [-0.2, -0.15) is 0 Å². The summed E-state index contributed by atoms with van der Waals surface area (Å²) < 4.78 is 24.7. The Balaban J connectivity index is 2.60. The second-order valence-electron chi connectivity index (χ2n) is 3.55. The van der Waals surface area contributed by atoms with Crippen molar-refractivity contribution in [3.63, 3.8) is 0 Å². The van der Waals surface area contributed by atoms with Crippen LogP contribution in [-0.4, -0.2) is 34.3 Å². The van der Waals surface area contributed by atoms with E-state index in [1.807, 2.05) is 6.92 Å². The Bertz CT molecular complexity index is 403. The van der Waals surface area contributed by atoms with Crippen molar-refractivity contribution in [1.29, 1.82) is 0 Å². The molecule has 96 valence electrons. The van der Waals surface area contributed by atoms with Gasteiger partial charge in [0, 0.05) is 11.4 Å². The monoisotopic (exact) mass is 279 g/mol. The topological polar surface area (TPSA) is 49.3 Å². The van der Waals surface area contributed by atoms with Gasteiger partial charge in [0.2, 0.25) is 0 Å². The number of benzene rings is 1. The first kappa shape index (κ1) is 14.6. The summed E-state index contributed by atoms with van der Waals surface area (Å²) in [4.78, 5) is 0.423. The SMILES string of the molecule is CCNCC(O)CS(=O)c1ccc(F)c(Cl)c1. The molecule has 0 aliphatic carbocycles. The predicted molar refractivity (Wildman–Crippen MR) is 67.2 cm³/mol. The van der Waals surface area contributed by atoms with Gasteiger partial charge >= 0.3 is 0 Å². The summed E-state index contributed by atoms with van der Waals surface area (Å²) in [5.41, 5.74) is 0. The molecule has 1 aromatic carbocycles. The number of aliphatic hydroxyl groups is 1. The average molecular weight is 280 g/mol. The Kier molecular flexibility index (Phi) is 6.05. The summed E-state index contributed by atoms with van der Waals surface area (Å²) >= 11 is 5.59. The maximum absolute atomic E-state index is 12.9. The average Bonchev–Trinajstić information content (AvgIpc) is 2.30. The van der Waals surface area contributed by atoms with Crippen molar-refractivity contribution < 1.29 is 13.7 Å². The van der Waals surface area contributed by atoms with Crippen LogP contribution in [0, 0.1) is 5.82 Å². The summed E-state index contributed by atoms with van der Waals surface area (Å²) in [7, 11) is -1.38. The summed E-state index contributed by atoms with van der Waals surface area (Å²) in [6, 6.07) is 3.91. The number of likely N-dealkylation sites (N-methyl/N-ethyl adjacent to an activating group) is 1. The van der Waals surface area contributed by atoms with Crippen molar-refractivity contribution in [1.82, 2.24) is 5.32 Å². The lowest BCUT2D eigenvalue weighted by Gasteiger charge is -2.10. The van der Waals surface area contributed by atoms with Gasteiger partial charge in [-0.25, -0.2) is 4.39 Å². The number of hydrogen-bond acceptors (Lipinski definition) is 3. The van der Waals surface area contributed by atoms with Crippen LogP contribution in [0.4, 0.5) is 4.39 Å². The molecule has 2 N–H and O–H groups in total. The van der Waals surface area contributed by atoms with Crippen molar-refractivity contribution >= 4 is 22.4 Å². The van der Waals surface area contributed by atoms with E-state index in [1.54, 1.807) is 0 Å². The zero-order chi connectivity index (χ0) is 12.8. The minimum Gasteiger partial charge on any atom is -0.391 e. The second kappa shape index (κ2) is 7.06. The molecule has 1 aromatic rings. The Hall–Kier alpha value is -0.490. The molecule has 0 aliphatic heterocycles. The van der Waals surface area contributed by atoms with Crippen LogP contribution in [0.1, 0.15) is 6.92 Å². The van der Waals surface area contributed by atoms with E-state index >= 15 is 0 Å². The molecule has 3 nitrogen and oxygen atoms in total. The lowest BCUT2D eigenvalue weighted by molar-refractivity contribution is 0.195. The third kappa shape index (κ3) is 4.71. The molecule has 0 bridgehead atoms. The summed E-state index contributed by atoms with van der Waals surface area (Å²) in [6.07, 6.45) is -0.695. The van der Waals surface area contributed by atoms with Gasteiger partial charge < -0.3 is 10.4 Å². The molecule has 0 radical (unpaired) electrons. The van der Waals surface area contributed by atoms with Crippen molar-refractivity contribution in [3.05, 3.63) is 29.0 Å². The third-order valence-electron chi connectivity index (χ3n) is 2.13. The fourth-order valence-corrected chi connectivity index (χ4v) is 2.63. The van der Waals surface area contributed by atoms with Crippen LogP contribution in [0.25, 0.3) is 0 Å². The summed E-state index contributed by atoms with van der Waals surface area (Å²) in [5.74, 6) is -0.435. The van der Waals surface area contributed by atoms with Crippen molar-refractivity contribution in [2.24, 2.45) is 0 Å². The van der Waals surface area contributed by atoms with Gasteiger partial charge in [-0.15, -0.1) is 0 Å². The van der Waals surface area contributed by atoms with Gasteiger partial charge in [0.25, 0.3) is 0 Å². The van der Waals surface area contributed by atoms with E-state index in [9.17, 15) is 13.7 Å². The van der Waals surface area contributed by atoms with Crippen LogP contribution < -0.4 is 5.32 Å². The first-order valence-corrected chi connectivity index (χ1v) is 6.96. The van der Waals surface area contributed by atoms with Gasteiger partial charge in [-0.05, 0) is 24.7 Å². The minimum absolute atomic E-state index is 0.0583. The highest BCUT2D eigenvalue weighted by atomic mass is 35.5. The molecule has 2 atom stereocenters. The Labute approximate surface area is 107 Å². The largest absolute Gasteiger partial charge is 0.391 e. The molecule has 0 saturated heterocycles. The first-order chi connectivity index (χ1) is 8.04. The molecular weight excluding hydrogens is 265 g/mol. The van der Waals surface area contributed by atoms with Gasteiger partial charge in [0.15, 0.2) is 0 Å². The molecule has 0 aromatic heterocycles. The summed E-state index contributed by atoms with van der Waals surface area (Å²) in [6.45, 7) is 3.05. The van der Waals surface area contributed by atoms with Crippen molar-refractivity contribution in [2.75, 3.05) is 18.8 Å². The van der Waals surface area contributed by atoms with E-state index in [0.717, 1.165) is 6.54 Å². The van der Waals surface area contributed by atoms with Crippen LogP contribution >= 0.6 is 11.6 Å². The maximum Gasteiger partial charge on any atom is 0.141 e. The second-order valence-corrected chi connectivity index (χ2v) is 5.45. The lowest BCUT2D eigenvalue weighted by atomic mass is 10.3. The number of aliphatic hydroxyl groups excluding tert-OH is 1. The van der Waals surface area contributed by atoms with E-state index < -0.39 is 22.7 Å². The van der Waals surface area contributed by atoms with Crippen LogP contribution in [0.5, 0.6) is 0 Å². The molecule has 17 heavy (non-hydrogen) atoms. The molecule has 0 saturated carbocycles. The van der Waals surface area contributed by atoms with Crippen LogP contribution in [-0.2, 0) is 10.8 Å². The quantitative estimate of drug-likeness (QED) is 0.831. The van der Waals surface area contributed by atoms with Crippen LogP contribution in [0.3, 0.4) is 0 Å². The number of halogens is 2. The molecule has 2 unspecified atom stereocenters. The fraction of sp³-hybridized carbons (Fsp3) is 0.455. The molecule has 0 amide bonds. The Morgan fingerprint density at radius 1 is 1.59 bits per heavy atom. The van der Waals surface area contributed by atoms with E-state index in [0.29, 0.717) is 11.4 Å². The first-order valence-electron chi connectivity index (χ1n) is 5.26. The molecule has 0 spiro atoms. The smallest absolute Gasteiger partial charge is 0.141 e. The molecule has 1 rings (SSSR count). The Morgan fingerprint density at radius 3 is 2.88 bits per heavy atom. The number of hydrogen-bond donors (Lipinski definition) is 2. The Morgan fingerprint density at radius 2 is 2.29 bits per heavy atom. The highest BCUT2D eigenvalue weighted by Crippen LogP contribution is 2.18. The van der Waals surface area contributed by atoms with E-state index in [2.05, 4.69) is 5.32 Å². The number of nitrogens with one attached hydrogen (secondary N) is 1. The molecule has 6 heteroatoms. The van der Waals surface area contributed by atoms with Gasteiger partial charge in [0.05, 0.1) is 27.7 Å². The summed E-state index contributed by atoms with van der Waals surface area (Å²) in [5, 5.41) is 12.5. The zero-order valence-electron chi connectivity index (χ0n) is 9.45. The van der Waals surface area contributed by atoms with E-state index in [1.165, 1.54) is 18.2 Å². The minimum atomic E-state index is -1.38. The standard InChI is InChI=1S/C11H15ClFNO2S/c1-2-14-6-8(15)7-17(16)9-3-4-11(13)10(12)5-9/h3-5,8,14-15H,2,6-7H2,1H3. The third-order valence-corrected chi connectivity index (χ3v) is 3.88. The highest BCUT2D eigenvalue weighted by Gasteiger charge is 2.12. The van der Waals surface area contributed by atoms with Gasteiger partial charge in [-0.1, -0.05) is 18.5 Å². The van der Waals surface area contributed by atoms with Crippen LogP contribution in [0.15, 0.2) is 23.1 Å². The van der Waals surface area contributed by atoms with E-state index in [-0.39, 0.29) is 10.8 Å². The van der Waals surface area contributed by atoms with Crippen molar-refractivity contribution in [2.45, 2.75) is 17.9 Å². The van der Waals surface area contributed by atoms with Crippen LogP contribution in [0.2, 0.25) is 5.02 Å². The van der Waals surface area contributed by atoms with E-state index in [4.69, 9.17) is 11.6 Å². The van der Waals surface area contributed by atoms with Crippen molar-refractivity contribution in [3.8, 4) is 0 Å². The van der Waals surface area contributed by atoms with Gasteiger partial charge in [0.1, 0.15) is 5.82 Å². The molecular formula is C11H15ClFNO2S. The molecule has 0 fully saturated rings. The fourth-order valence-electron chi connectivity index (χ4n) is 1.26. The maximum atomic E-state index is 12.9. The number of rotatable bonds is 6. The highest BCUT2D eigenvalue weighted by molar-refractivity contribution is 7.85. The predicted octanol–water partition coefficient (Wildman–Crippen LogP) is 1.56. The van der Waals surface area contributed by atoms with Gasteiger partial charge in [-0.3, -0.25) is 4.21 Å². The molecule has 0 heterocycles. The zero-order valence-corrected chi connectivity index (χ0v) is 11.0. The lowest BCUT2D eigenvalue weighted by Crippen LogP contribution is -2.30.